The van der Waals surface area contributed by atoms with Crippen LogP contribution >= 0.6 is 0 Å². The van der Waals surface area contributed by atoms with Crippen molar-refractivity contribution in [1.82, 2.24) is 19.2 Å². The number of benzene rings is 2. The van der Waals surface area contributed by atoms with Crippen LogP contribution in [0.4, 0.5) is 10.1 Å². The van der Waals surface area contributed by atoms with E-state index in [1.54, 1.807) is 13.0 Å². The van der Waals surface area contributed by atoms with Gasteiger partial charge < -0.3 is 10.1 Å². The van der Waals surface area contributed by atoms with Crippen LogP contribution in [-0.2, 0) is 16.8 Å². The number of ether oxygens (including phenoxy) is 1. The second-order valence-corrected chi connectivity index (χ2v) is 10.0. The van der Waals surface area contributed by atoms with E-state index >= 15 is 0 Å². The first kappa shape index (κ1) is 24.6. The van der Waals surface area contributed by atoms with Crippen molar-refractivity contribution in [2.75, 3.05) is 31.4 Å². The molecule has 0 unspecified atom stereocenters. The molecule has 2 aromatic carbocycles. The van der Waals surface area contributed by atoms with Crippen molar-refractivity contribution in [2.24, 2.45) is 5.92 Å². The minimum absolute atomic E-state index is 0.110. The predicted molar refractivity (Wildman–Crippen MR) is 129 cm³/mol. The molecule has 0 aliphatic carbocycles. The summed E-state index contributed by atoms with van der Waals surface area (Å²) in [5.74, 6) is -0.668. The topological polar surface area (TPSA) is 129 Å². The quantitative estimate of drug-likeness (QED) is 0.462. The van der Waals surface area contributed by atoms with Gasteiger partial charge in [-0.2, -0.15) is 18.0 Å². The number of anilines is 1. The first-order valence-corrected chi connectivity index (χ1v) is 12.5. The van der Waals surface area contributed by atoms with E-state index < -0.39 is 21.8 Å². The summed E-state index contributed by atoms with van der Waals surface area (Å²) in [5, 5.41) is 13.1. The molecule has 4 rings (SSSR count). The molecule has 0 bridgehead atoms. The molecule has 0 atom stereocenters. The number of aryl methyl sites for hydroxylation is 1. The van der Waals surface area contributed by atoms with Gasteiger partial charge in [0.1, 0.15) is 17.4 Å². The summed E-state index contributed by atoms with van der Waals surface area (Å²) < 4.78 is 50.0. The van der Waals surface area contributed by atoms with Crippen LogP contribution in [0.1, 0.15) is 18.9 Å². The zero-order valence-electron chi connectivity index (χ0n) is 19.3. The fourth-order valence-electron chi connectivity index (χ4n) is 3.59. The lowest BCUT2D eigenvalue weighted by Gasteiger charge is -2.27. The fourth-order valence-corrected chi connectivity index (χ4v) is 4.54. The molecule has 2 heterocycles. The monoisotopic (exact) mass is 500 g/mol. The van der Waals surface area contributed by atoms with Gasteiger partial charge in [-0.3, -0.25) is 14.1 Å². The van der Waals surface area contributed by atoms with Gasteiger partial charge in [-0.25, -0.2) is 9.37 Å². The molecule has 0 saturated carbocycles. The van der Waals surface area contributed by atoms with Crippen LogP contribution in [0.15, 0.2) is 41.5 Å². The van der Waals surface area contributed by atoms with Crippen LogP contribution in [0.2, 0.25) is 0 Å². The number of rotatable bonds is 9. The molecule has 12 heteroatoms. The van der Waals surface area contributed by atoms with Gasteiger partial charge in [-0.05, 0) is 55.8 Å². The minimum Gasteiger partial charge on any atom is -0.453 e. The van der Waals surface area contributed by atoms with Crippen LogP contribution in [0, 0.1) is 23.1 Å². The van der Waals surface area contributed by atoms with Crippen molar-refractivity contribution in [1.29, 1.82) is 5.26 Å². The molecule has 1 aliphatic heterocycles. The number of nitriles is 1. The fraction of sp³-hybridized carbons (Fsp3) is 0.348. The Labute approximate surface area is 202 Å². The Hall–Kier alpha value is -3.53. The maximum absolute atomic E-state index is 14.7. The van der Waals surface area contributed by atoms with Crippen molar-refractivity contribution >= 4 is 26.8 Å². The van der Waals surface area contributed by atoms with Gasteiger partial charge in [0.15, 0.2) is 11.6 Å². The van der Waals surface area contributed by atoms with Crippen molar-refractivity contribution in [3.05, 3.63) is 58.4 Å². The molecule has 0 spiro atoms. The lowest BCUT2D eigenvalue weighted by Crippen LogP contribution is -2.42. The maximum Gasteiger partial charge on any atom is 0.301 e. The summed E-state index contributed by atoms with van der Waals surface area (Å²) in [7, 11) is -2.58. The predicted octanol–water partition coefficient (Wildman–Crippen LogP) is 2.42. The van der Waals surface area contributed by atoms with E-state index in [1.807, 2.05) is 6.07 Å². The second kappa shape index (κ2) is 9.99. The van der Waals surface area contributed by atoms with E-state index in [2.05, 4.69) is 15.0 Å². The Morgan fingerprint density at radius 3 is 2.77 bits per heavy atom. The van der Waals surface area contributed by atoms with E-state index in [0.717, 1.165) is 35.9 Å². The summed E-state index contributed by atoms with van der Waals surface area (Å²) in [6.45, 7) is 4.24. The summed E-state index contributed by atoms with van der Waals surface area (Å²) >= 11 is 0. The van der Waals surface area contributed by atoms with Gasteiger partial charge in [0.2, 0.25) is 0 Å². The molecule has 1 aliphatic rings. The number of fused-ring (bicyclic) bond motifs is 1. The van der Waals surface area contributed by atoms with Gasteiger partial charge in [-0.15, -0.1) is 0 Å². The summed E-state index contributed by atoms with van der Waals surface area (Å²) in [6.07, 6.45) is 2.36. The van der Waals surface area contributed by atoms with Gasteiger partial charge >= 0.3 is 10.2 Å². The van der Waals surface area contributed by atoms with Gasteiger partial charge in [-0.1, -0.05) is 6.92 Å². The summed E-state index contributed by atoms with van der Waals surface area (Å²) in [4.78, 5) is 17.3. The standard InChI is InChI=1S/C23H25FN6O4S/c1-3-29(2)35(32,33)28-21-7-5-19(24)22(18(21)11-25)34-16-4-6-20-17(10-16)23(31)30(14-27-20)9-8-15-12-26-13-15/h4-7,10,14-15,26,28H,3,8-9,12-13H2,1-2H3. The third-order valence-corrected chi connectivity index (χ3v) is 7.53. The number of hydrogen-bond acceptors (Lipinski definition) is 7. The van der Waals surface area contributed by atoms with E-state index in [4.69, 9.17) is 4.74 Å². The lowest BCUT2D eigenvalue weighted by molar-refractivity contribution is 0.310. The number of hydrogen-bond donors (Lipinski definition) is 2. The molecule has 1 fully saturated rings. The summed E-state index contributed by atoms with van der Waals surface area (Å²) in [5.41, 5.74) is -0.248. The van der Waals surface area contributed by atoms with Gasteiger partial charge in [0.05, 0.1) is 22.9 Å². The van der Waals surface area contributed by atoms with Crippen LogP contribution in [0.3, 0.4) is 0 Å². The largest absolute Gasteiger partial charge is 0.453 e. The molecule has 1 aromatic heterocycles. The zero-order chi connectivity index (χ0) is 25.2. The third-order valence-electron chi connectivity index (χ3n) is 5.98. The highest BCUT2D eigenvalue weighted by atomic mass is 32.2. The summed E-state index contributed by atoms with van der Waals surface area (Å²) in [6, 6.07) is 8.48. The minimum atomic E-state index is -3.95. The average molecular weight is 501 g/mol. The highest BCUT2D eigenvalue weighted by Crippen LogP contribution is 2.34. The lowest BCUT2D eigenvalue weighted by atomic mass is 9.99. The molecule has 184 valence electrons. The Kier molecular flexibility index (Phi) is 7.02. The van der Waals surface area contributed by atoms with E-state index in [-0.39, 0.29) is 34.5 Å². The number of halogens is 1. The van der Waals surface area contributed by atoms with Crippen LogP contribution in [0.25, 0.3) is 10.9 Å². The first-order chi connectivity index (χ1) is 16.7. The van der Waals surface area contributed by atoms with Crippen molar-refractivity contribution in [3.8, 4) is 17.6 Å². The Balaban J connectivity index is 1.66. The molecule has 1 saturated heterocycles. The number of nitrogens with zero attached hydrogens (tertiary/aromatic N) is 4. The van der Waals surface area contributed by atoms with Crippen molar-refractivity contribution < 1.29 is 17.5 Å². The van der Waals surface area contributed by atoms with Crippen LogP contribution in [0.5, 0.6) is 11.5 Å². The van der Waals surface area contributed by atoms with Crippen molar-refractivity contribution in [2.45, 2.75) is 19.9 Å². The van der Waals surface area contributed by atoms with Gasteiger partial charge in [0, 0.05) is 20.1 Å². The smallest absolute Gasteiger partial charge is 0.301 e. The highest BCUT2D eigenvalue weighted by Gasteiger charge is 2.22. The zero-order valence-corrected chi connectivity index (χ0v) is 20.1. The molecular weight excluding hydrogens is 475 g/mol. The van der Waals surface area contributed by atoms with Crippen LogP contribution < -0.4 is 20.3 Å². The van der Waals surface area contributed by atoms with E-state index in [9.17, 15) is 22.9 Å². The molecule has 3 aromatic rings. The molecule has 0 amide bonds. The molecule has 10 nitrogen and oxygen atoms in total. The SMILES string of the molecule is CCN(C)S(=O)(=O)Nc1ccc(F)c(Oc2ccc3ncn(CCC4CNC4)c(=O)c3c2)c1C#N. The Morgan fingerprint density at radius 2 is 2.11 bits per heavy atom. The molecule has 2 N–H and O–H groups in total. The molecule has 0 radical (unpaired) electrons. The van der Waals surface area contributed by atoms with Crippen molar-refractivity contribution in [3.63, 3.8) is 0 Å². The molecular formula is C23H25FN6O4S. The first-order valence-electron chi connectivity index (χ1n) is 11.1. The Bertz CT molecular complexity index is 1460. The second-order valence-electron chi connectivity index (χ2n) is 8.27. The average Bonchev–Trinajstić information content (AvgIpc) is 2.81. The highest BCUT2D eigenvalue weighted by molar-refractivity contribution is 7.90. The van der Waals surface area contributed by atoms with Crippen LogP contribution in [-0.4, -0.2) is 49.0 Å². The van der Waals surface area contributed by atoms with E-state index in [1.165, 1.54) is 30.1 Å². The van der Waals surface area contributed by atoms with E-state index in [0.29, 0.717) is 18.0 Å². The van der Waals surface area contributed by atoms with Gasteiger partial charge in [0.25, 0.3) is 5.56 Å². The number of nitrogens with one attached hydrogen (secondary N) is 2. The Morgan fingerprint density at radius 1 is 1.34 bits per heavy atom. The third kappa shape index (κ3) is 5.12. The maximum atomic E-state index is 14.7. The number of aromatic nitrogens is 2. The molecule has 35 heavy (non-hydrogen) atoms. The normalized spacial score (nSPS) is 14.0.